The van der Waals surface area contributed by atoms with E-state index >= 15 is 0 Å². The first-order valence-electron chi connectivity index (χ1n) is 9.76. The molecule has 0 saturated heterocycles. The van der Waals surface area contributed by atoms with Gasteiger partial charge in [-0.15, -0.1) is 0 Å². The van der Waals surface area contributed by atoms with E-state index in [1.165, 1.54) is 29.4 Å². The monoisotopic (exact) mass is 559 g/mol. The maximum Gasteiger partial charge on any atom is 0.260 e. The Labute approximate surface area is 202 Å². The van der Waals surface area contributed by atoms with E-state index in [1.54, 1.807) is 18.6 Å². The number of nitrogens with zero attached hydrogens (tertiary/aromatic N) is 5. The minimum Gasteiger partial charge on any atom is -0.289 e. The maximum atomic E-state index is 13.7. The van der Waals surface area contributed by atoms with Crippen LogP contribution in [0, 0.1) is 9.52 Å². The van der Waals surface area contributed by atoms with Crippen molar-refractivity contribution in [3.8, 4) is 11.1 Å². The molecule has 0 unspecified atom stereocenters. The highest BCUT2D eigenvalue weighted by atomic mass is 127. The van der Waals surface area contributed by atoms with E-state index in [0.29, 0.717) is 18.1 Å². The standard InChI is InChI=1S/C23H16ClFIN5O/c1-23(9-14-2-4-15(5-3-14)16-10-27-13-28-11-16)21(32)30(22-29-12-20(26)31(22)23)17-6-7-19(25)18(24)8-17/h2-8,10-13H,9H2,1H3/t23-/m1/s1. The van der Waals surface area contributed by atoms with Crippen LogP contribution in [0.1, 0.15) is 12.5 Å². The maximum absolute atomic E-state index is 13.7. The van der Waals surface area contributed by atoms with E-state index in [2.05, 4.69) is 37.5 Å². The Morgan fingerprint density at radius 2 is 1.78 bits per heavy atom. The van der Waals surface area contributed by atoms with Crippen LogP contribution < -0.4 is 4.90 Å². The molecule has 0 saturated carbocycles. The summed E-state index contributed by atoms with van der Waals surface area (Å²) >= 11 is 8.16. The summed E-state index contributed by atoms with van der Waals surface area (Å²) < 4.78 is 16.5. The van der Waals surface area contributed by atoms with Gasteiger partial charge in [-0.2, -0.15) is 0 Å². The summed E-state index contributed by atoms with van der Waals surface area (Å²) in [5, 5.41) is -0.0443. The molecule has 0 bridgehead atoms. The first kappa shape index (κ1) is 21.0. The van der Waals surface area contributed by atoms with E-state index in [0.717, 1.165) is 20.4 Å². The predicted octanol–water partition coefficient (Wildman–Crippen LogP) is 5.37. The lowest BCUT2D eigenvalue weighted by molar-refractivity contribution is -0.124. The highest BCUT2D eigenvalue weighted by molar-refractivity contribution is 14.1. The van der Waals surface area contributed by atoms with Crippen molar-refractivity contribution in [2.45, 2.75) is 18.9 Å². The Morgan fingerprint density at radius 1 is 1.06 bits per heavy atom. The predicted molar refractivity (Wildman–Crippen MR) is 128 cm³/mol. The fourth-order valence-electron chi connectivity index (χ4n) is 4.04. The SMILES string of the molecule is C[C@@]1(Cc2ccc(-c3cncnc3)cc2)C(=O)N(c2ccc(F)c(Cl)c2)c2ncc(I)n21. The van der Waals surface area contributed by atoms with Gasteiger partial charge in [0.25, 0.3) is 5.91 Å². The molecule has 4 aromatic rings. The van der Waals surface area contributed by atoms with Gasteiger partial charge in [0.05, 0.1) is 16.9 Å². The number of amides is 1. The summed E-state index contributed by atoms with van der Waals surface area (Å²) in [5.41, 5.74) is 2.50. The summed E-state index contributed by atoms with van der Waals surface area (Å²) in [6.45, 7) is 1.90. The van der Waals surface area contributed by atoms with Crippen molar-refractivity contribution >= 4 is 51.7 Å². The first-order valence-corrected chi connectivity index (χ1v) is 11.2. The Bertz CT molecular complexity index is 1330. The second-order valence-corrected chi connectivity index (χ2v) is 9.24. The Morgan fingerprint density at radius 3 is 2.47 bits per heavy atom. The molecule has 2 aromatic carbocycles. The van der Waals surface area contributed by atoms with Crippen molar-refractivity contribution in [3.63, 3.8) is 0 Å². The van der Waals surface area contributed by atoms with Crippen LogP contribution in [0.5, 0.6) is 0 Å². The number of halogens is 3. The second-order valence-electron chi connectivity index (χ2n) is 7.73. The number of imidazole rings is 1. The number of rotatable bonds is 4. The number of carbonyl (C=O) groups excluding carboxylic acids is 1. The van der Waals surface area contributed by atoms with Gasteiger partial charge in [-0.1, -0.05) is 35.9 Å². The third-order valence-corrected chi connectivity index (χ3v) is 6.67. The zero-order valence-electron chi connectivity index (χ0n) is 16.8. The van der Waals surface area contributed by atoms with Crippen molar-refractivity contribution < 1.29 is 9.18 Å². The van der Waals surface area contributed by atoms with Gasteiger partial charge in [0, 0.05) is 24.4 Å². The topological polar surface area (TPSA) is 63.9 Å². The van der Waals surface area contributed by atoms with Gasteiger partial charge in [-0.25, -0.2) is 24.2 Å². The van der Waals surface area contributed by atoms with Crippen LogP contribution in [-0.2, 0) is 16.8 Å². The van der Waals surface area contributed by atoms with E-state index in [1.807, 2.05) is 35.8 Å². The van der Waals surface area contributed by atoms with Gasteiger partial charge in [-0.3, -0.25) is 9.36 Å². The molecule has 1 atom stereocenters. The molecule has 0 spiro atoms. The third kappa shape index (κ3) is 3.38. The zero-order chi connectivity index (χ0) is 22.5. The number of hydrogen-bond acceptors (Lipinski definition) is 4. The number of anilines is 2. The van der Waals surface area contributed by atoms with Gasteiger partial charge in [0.2, 0.25) is 5.95 Å². The Balaban J connectivity index is 1.51. The Kier molecular flexibility index (Phi) is 5.21. The van der Waals surface area contributed by atoms with Gasteiger partial charge in [0.15, 0.2) is 0 Å². The number of aromatic nitrogens is 4. The van der Waals surface area contributed by atoms with Crippen molar-refractivity contribution in [3.05, 3.63) is 87.5 Å². The van der Waals surface area contributed by atoms with E-state index in [4.69, 9.17) is 11.6 Å². The lowest BCUT2D eigenvalue weighted by atomic mass is 9.91. The van der Waals surface area contributed by atoms with Gasteiger partial charge >= 0.3 is 0 Å². The summed E-state index contributed by atoms with van der Waals surface area (Å²) in [5.74, 6) is -0.198. The van der Waals surface area contributed by atoms with Gasteiger partial charge in [-0.05, 0) is 58.8 Å². The molecule has 1 amide bonds. The lowest BCUT2D eigenvalue weighted by Gasteiger charge is -2.26. The van der Waals surface area contributed by atoms with Crippen LogP contribution in [0.4, 0.5) is 16.0 Å². The summed E-state index contributed by atoms with van der Waals surface area (Å²) in [6.07, 6.45) is 7.19. The van der Waals surface area contributed by atoms with Crippen LogP contribution in [-0.4, -0.2) is 25.4 Å². The van der Waals surface area contributed by atoms with Crippen molar-refractivity contribution in [2.24, 2.45) is 0 Å². The minimum atomic E-state index is -0.902. The average molecular weight is 560 g/mol. The van der Waals surface area contributed by atoms with Gasteiger partial charge in [0.1, 0.15) is 21.4 Å². The molecule has 0 fully saturated rings. The fourth-order valence-corrected chi connectivity index (χ4v) is 5.10. The van der Waals surface area contributed by atoms with Crippen molar-refractivity contribution in [1.29, 1.82) is 0 Å². The molecule has 0 aliphatic carbocycles. The molecule has 9 heteroatoms. The molecule has 32 heavy (non-hydrogen) atoms. The number of carbonyl (C=O) groups is 1. The lowest BCUT2D eigenvalue weighted by Crippen LogP contribution is -2.41. The fraction of sp³-hybridized carbons (Fsp3) is 0.130. The third-order valence-electron chi connectivity index (χ3n) is 5.62. The number of fused-ring (bicyclic) bond motifs is 1. The van der Waals surface area contributed by atoms with E-state index in [-0.39, 0.29) is 10.9 Å². The zero-order valence-corrected chi connectivity index (χ0v) is 19.7. The molecular weight excluding hydrogens is 544 g/mol. The van der Waals surface area contributed by atoms with Crippen molar-refractivity contribution in [2.75, 3.05) is 4.90 Å². The quantitative estimate of drug-likeness (QED) is 0.315. The molecule has 3 heterocycles. The smallest absolute Gasteiger partial charge is 0.260 e. The molecule has 1 aliphatic heterocycles. The largest absolute Gasteiger partial charge is 0.289 e. The average Bonchev–Trinajstić information content (AvgIpc) is 3.28. The normalized spacial score (nSPS) is 17.6. The molecule has 5 rings (SSSR count). The second kappa shape index (κ2) is 7.93. The molecule has 0 radical (unpaired) electrons. The highest BCUT2D eigenvalue weighted by Crippen LogP contribution is 2.43. The van der Waals surface area contributed by atoms with Gasteiger partial charge < -0.3 is 0 Å². The number of benzene rings is 2. The number of hydrogen-bond donors (Lipinski definition) is 0. The van der Waals surface area contributed by atoms with E-state index in [9.17, 15) is 9.18 Å². The highest BCUT2D eigenvalue weighted by Gasteiger charge is 2.50. The summed E-state index contributed by atoms with van der Waals surface area (Å²) in [4.78, 5) is 27.8. The molecule has 1 aliphatic rings. The van der Waals surface area contributed by atoms with Crippen LogP contribution in [0.15, 0.2) is 67.4 Å². The minimum absolute atomic E-state index is 0.0443. The molecule has 0 N–H and O–H groups in total. The van der Waals surface area contributed by atoms with Crippen LogP contribution in [0.25, 0.3) is 11.1 Å². The Hall–Kier alpha value is -2.85. The molecule has 6 nitrogen and oxygen atoms in total. The first-order chi connectivity index (χ1) is 15.4. The molecule has 160 valence electrons. The van der Waals surface area contributed by atoms with Crippen LogP contribution >= 0.6 is 34.2 Å². The summed E-state index contributed by atoms with van der Waals surface area (Å²) in [7, 11) is 0. The van der Waals surface area contributed by atoms with E-state index < -0.39 is 11.4 Å². The molecular formula is C23H16ClFIN5O. The van der Waals surface area contributed by atoms with Crippen LogP contribution in [0.3, 0.4) is 0 Å². The van der Waals surface area contributed by atoms with Crippen molar-refractivity contribution in [1.82, 2.24) is 19.5 Å². The summed E-state index contributed by atoms with van der Waals surface area (Å²) in [6, 6.07) is 12.2. The molecule has 2 aromatic heterocycles. The van der Waals surface area contributed by atoms with Crippen LogP contribution in [0.2, 0.25) is 5.02 Å².